The number of aromatic nitrogens is 1. The van der Waals surface area contributed by atoms with Crippen molar-refractivity contribution in [1.29, 1.82) is 0 Å². The largest absolute Gasteiger partial charge is 0.248 e. The summed E-state index contributed by atoms with van der Waals surface area (Å²) in [4.78, 5) is 4.39. The molecule has 1 nitrogen and oxygen atoms in total. The Morgan fingerprint density at radius 2 is 1.61 bits per heavy atom. The first-order chi connectivity index (χ1) is 8.72. The molecule has 3 heteroatoms. The minimum atomic E-state index is -0.298. The normalized spacial score (nSPS) is 10.8. The van der Waals surface area contributed by atoms with Gasteiger partial charge in [-0.3, -0.25) is 0 Å². The van der Waals surface area contributed by atoms with Crippen molar-refractivity contribution in [1.82, 2.24) is 4.98 Å². The van der Waals surface area contributed by atoms with Gasteiger partial charge >= 0.3 is 0 Å². The molecule has 0 fully saturated rings. The molecule has 0 unspecified atom stereocenters. The SMILES string of the molecule is Fc1cccc(-c2ccc3cc(F)ccc3n2)c1. The van der Waals surface area contributed by atoms with Gasteiger partial charge in [0, 0.05) is 10.9 Å². The maximum atomic E-state index is 13.1. The van der Waals surface area contributed by atoms with Gasteiger partial charge in [-0.05, 0) is 36.4 Å². The zero-order valence-corrected chi connectivity index (χ0v) is 9.40. The third kappa shape index (κ3) is 1.95. The van der Waals surface area contributed by atoms with Crippen molar-refractivity contribution < 1.29 is 8.78 Å². The number of fused-ring (bicyclic) bond motifs is 1. The highest BCUT2D eigenvalue weighted by atomic mass is 19.1. The summed E-state index contributed by atoms with van der Waals surface area (Å²) in [6.45, 7) is 0. The maximum absolute atomic E-state index is 13.1. The van der Waals surface area contributed by atoms with Gasteiger partial charge < -0.3 is 0 Å². The number of hydrogen-bond acceptors (Lipinski definition) is 1. The van der Waals surface area contributed by atoms with Crippen LogP contribution < -0.4 is 0 Å². The zero-order valence-electron chi connectivity index (χ0n) is 9.40. The Balaban J connectivity index is 2.16. The van der Waals surface area contributed by atoms with E-state index in [4.69, 9.17) is 0 Å². The first-order valence-corrected chi connectivity index (χ1v) is 5.55. The molecule has 0 atom stereocenters. The summed E-state index contributed by atoms with van der Waals surface area (Å²) in [5, 5.41) is 0.732. The molecule has 88 valence electrons. The van der Waals surface area contributed by atoms with Gasteiger partial charge in [0.2, 0.25) is 0 Å². The molecule has 2 aromatic carbocycles. The number of pyridine rings is 1. The summed E-state index contributed by atoms with van der Waals surface area (Å²) in [5.41, 5.74) is 2.08. The lowest BCUT2D eigenvalue weighted by molar-refractivity contribution is 0.628. The predicted molar refractivity (Wildman–Crippen MR) is 67.1 cm³/mol. The fourth-order valence-electron chi connectivity index (χ4n) is 1.91. The van der Waals surface area contributed by atoms with Crippen molar-refractivity contribution in [2.45, 2.75) is 0 Å². The van der Waals surface area contributed by atoms with Crippen molar-refractivity contribution in [2.75, 3.05) is 0 Å². The van der Waals surface area contributed by atoms with Crippen LogP contribution in [0.5, 0.6) is 0 Å². The van der Waals surface area contributed by atoms with E-state index in [0.717, 1.165) is 5.39 Å². The first-order valence-electron chi connectivity index (χ1n) is 5.55. The van der Waals surface area contributed by atoms with E-state index in [-0.39, 0.29) is 11.6 Å². The van der Waals surface area contributed by atoms with E-state index in [1.807, 2.05) is 0 Å². The summed E-state index contributed by atoms with van der Waals surface area (Å²) >= 11 is 0. The second kappa shape index (κ2) is 4.18. The highest BCUT2D eigenvalue weighted by molar-refractivity contribution is 5.81. The highest BCUT2D eigenvalue weighted by Crippen LogP contribution is 2.22. The van der Waals surface area contributed by atoms with E-state index >= 15 is 0 Å². The first kappa shape index (κ1) is 10.8. The van der Waals surface area contributed by atoms with E-state index < -0.39 is 0 Å². The number of rotatable bonds is 1. The van der Waals surface area contributed by atoms with Gasteiger partial charge in [0.05, 0.1) is 11.2 Å². The van der Waals surface area contributed by atoms with Gasteiger partial charge in [-0.2, -0.15) is 0 Å². The molecule has 1 heterocycles. The van der Waals surface area contributed by atoms with Crippen molar-refractivity contribution in [3.05, 3.63) is 66.2 Å². The van der Waals surface area contributed by atoms with Crippen LogP contribution in [0.15, 0.2) is 54.6 Å². The average molecular weight is 241 g/mol. The van der Waals surface area contributed by atoms with Gasteiger partial charge in [0.25, 0.3) is 0 Å². The van der Waals surface area contributed by atoms with E-state index in [9.17, 15) is 8.78 Å². The van der Waals surface area contributed by atoms with Crippen molar-refractivity contribution in [3.8, 4) is 11.3 Å². The summed E-state index contributed by atoms with van der Waals surface area (Å²) in [6.07, 6.45) is 0. The Bertz CT molecular complexity index is 723. The minimum Gasteiger partial charge on any atom is -0.248 e. The molecule has 0 saturated heterocycles. The lowest BCUT2D eigenvalue weighted by atomic mass is 10.1. The Morgan fingerprint density at radius 3 is 2.44 bits per heavy atom. The maximum Gasteiger partial charge on any atom is 0.123 e. The number of benzene rings is 2. The van der Waals surface area contributed by atoms with Crippen LogP contribution in [0.2, 0.25) is 0 Å². The molecular formula is C15H9F2N. The van der Waals surface area contributed by atoms with Gasteiger partial charge in [0.15, 0.2) is 0 Å². The molecule has 1 aromatic heterocycles. The highest BCUT2D eigenvalue weighted by Gasteiger charge is 2.03. The standard InChI is InChI=1S/C15H9F2N/c16-12-3-1-2-10(8-12)14-6-4-11-9-13(17)5-7-15(11)18-14/h1-9H. The van der Waals surface area contributed by atoms with E-state index in [1.165, 1.54) is 24.3 Å². The molecule has 0 aliphatic heterocycles. The average Bonchev–Trinajstić information content (AvgIpc) is 2.38. The van der Waals surface area contributed by atoms with Crippen molar-refractivity contribution in [3.63, 3.8) is 0 Å². The smallest absolute Gasteiger partial charge is 0.123 e. The number of hydrogen-bond donors (Lipinski definition) is 0. The summed E-state index contributed by atoms with van der Waals surface area (Å²) in [6, 6.07) is 14.2. The van der Waals surface area contributed by atoms with Crippen LogP contribution in [0, 0.1) is 11.6 Å². The minimum absolute atomic E-state index is 0.289. The third-order valence-electron chi connectivity index (χ3n) is 2.77. The van der Waals surface area contributed by atoms with Crippen LogP contribution in [0.3, 0.4) is 0 Å². The quantitative estimate of drug-likeness (QED) is 0.622. The Hall–Kier alpha value is -2.29. The van der Waals surface area contributed by atoms with Crippen LogP contribution >= 0.6 is 0 Å². The van der Waals surface area contributed by atoms with Crippen molar-refractivity contribution >= 4 is 10.9 Å². The van der Waals surface area contributed by atoms with Gasteiger partial charge in [-0.15, -0.1) is 0 Å². The molecule has 0 aliphatic carbocycles. The molecule has 18 heavy (non-hydrogen) atoms. The summed E-state index contributed by atoms with van der Waals surface area (Å²) in [7, 11) is 0. The molecule has 0 radical (unpaired) electrons. The number of halogens is 2. The lowest BCUT2D eigenvalue weighted by Crippen LogP contribution is -1.87. The molecule has 3 aromatic rings. The van der Waals surface area contributed by atoms with Crippen LogP contribution in [0.4, 0.5) is 8.78 Å². The predicted octanol–water partition coefficient (Wildman–Crippen LogP) is 4.18. The van der Waals surface area contributed by atoms with Crippen molar-refractivity contribution in [2.24, 2.45) is 0 Å². The molecule has 0 spiro atoms. The van der Waals surface area contributed by atoms with Crippen LogP contribution in [0.25, 0.3) is 22.2 Å². The lowest BCUT2D eigenvalue weighted by Gasteiger charge is -2.03. The monoisotopic (exact) mass is 241 g/mol. The van der Waals surface area contributed by atoms with E-state index in [0.29, 0.717) is 16.8 Å². The second-order valence-corrected chi connectivity index (χ2v) is 4.04. The molecule has 0 bridgehead atoms. The number of nitrogens with zero attached hydrogens (tertiary/aromatic N) is 1. The zero-order chi connectivity index (χ0) is 12.5. The molecule has 3 rings (SSSR count). The third-order valence-corrected chi connectivity index (χ3v) is 2.77. The fraction of sp³-hybridized carbons (Fsp3) is 0. The Kier molecular flexibility index (Phi) is 2.52. The molecule has 0 N–H and O–H groups in total. The van der Waals surface area contributed by atoms with E-state index in [2.05, 4.69) is 4.98 Å². The topological polar surface area (TPSA) is 12.9 Å². The van der Waals surface area contributed by atoms with Gasteiger partial charge in [-0.25, -0.2) is 13.8 Å². The molecular weight excluding hydrogens is 232 g/mol. The van der Waals surface area contributed by atoms with Crippen LogP contribution in [-0.2, 0) is 0 Å². The molecule has 0 aliphatic rings. The Labute approximate surface area is 103 Å². The second-order valence-electron chi connectivity index (χ2n) is 4.04. The van der Waals surface area contributed by atoms with E-state index in [1.54, 1.807) is 30.3 Å². The molecule has 0 amide bonds. The Morgan fingerprint density at radius 1 is 0.778 bits per heavy atom. The van der Waals surface area contributed by atoms with Crippen LogP contribution in [-0.4, -0.2) is 4.98 Å². The summed E-state index contributed by atoms with van der Waals surface area (Å²) in [5.74, 6) is -0.587. The fourth-order valence-corrected chi connectivity index (χ4v) is 1.91. The molecule has 0 saturated carbocycles. The van der Waals surface area contributed by atoms with Gasteiger partial charge in [-0.1, -0.05) is 18.2 Å². The van der Waals surface area contributed by atoms with Crippen LogP contribution in [0.1, 0.15) is 0 Å². The van der Waals surface area contributed by atoms with Gasteiger partial charge in [0.1, 0.15) is 11.6 Å². The summed E-state index contributed by atoms with van der Waals surface area (Å²) < 4.78 is 26.2.